The Bertz CT molecular complexity index is 414. The van der Waals surface area contributed by atoms with Crippen molar-refractivity contribution in [2.75, 3.05) is 0 Å². The molecule has 2 aromatic rings. The Hall–Kier alpha value is -2.00. The highest BCUT2D eigenvalue weighted by Crippen LogP contribution is 2.26. The lowest BCUT2D eigenvalue weighted by Crippen LogP contribution is -1.94. The van der Waals surface area contributed by atoms with Crippen LogP contribution in [0.1, 0.15) is 24.0 Å². The zero-order valence-electron chi connectivity index (χ0n) is 9.59. The number of benzene rings is 2. The van der Waals surface area contributed by atoms with Crippen LogP contribution >= 0.6 is 0 Å². The molecule has 0 atom stereocenters. The van der Waals surface area contributed by atoms with Crippen molar-refractivity contribution in [1.82, 2.24) is 0 Å². The summed E-state index contributed by atoms with van der Waals surface area (Å²) in [6.07, 6.45) is 0. The molecule has 0 saturated carbocycles. The molecular formula is C14H16O3. The van der Waals surface area contributed by atoms with Crippen LogP contribution in [-0.4, -0.2) is 15.7 Å². The maximum atomic E-state index is 9.21. The van der Waals surface area contributed by atoms with Gasteiger partial charge in [-0.25, -0.2) is 0 Å². The van der Waals surface area contributed by atoms with Gasteiger partial charge in [-0.15, -0.1) is 0 Å². The van der Waals surface area contributed by atoms with E-state index < -0.39 is 0 Å². The zero-order chi connectivity index (χ0) is 11.5. The summed E-state index contributed by atoms with van der Waals surface area (Å²) >= 11 is 0. The van der Waals surface area contributed by atoms with Gasteiger partial charge >= 0.3 is 0 Å². The van der Waals surface area contributed by atoms with Gasteiger partial charge in [0.25, 0.3) is 0 Å². The Morgan fingerprint density at radius 3 is 1.29 bits per heavy atom. The molecule has 0 fully saturated rings. The Morgan fingerprint density at radius 1 is 0.706 bits per heavy atom. The topological polar surface area (TPSA) is 72.0 Å². The molecule has 2 aromatic carbocycles. The monoisotopic (exact) mass is 232 g/mol. The van der Waals surface area contributed by atoms with Gasteiger partial charge in [-0.2, -0.15) is 0 Å². The van der Waals surface area contributed by atoms with Gasteiger partial charge in [0.05, 0.1) is 0 Å². The first kappa shape index (κ1) is 13.1. The number of aromatic hydroxyl groups is 2. The fraction of sp³-hybridized carbons (Fsp3) is 0.143. The van der Waals surface area contributed by atoms with Gasteiger partial charge in [0.15, 0.2) is 0 Å². The molecular weight excluding hydrogens is 216 g/mol. The highest BCUT2D eigenvalue weighted by Gasteiger charge is 2.07. The van der Waals surface area contributed by atoms with Crippen molar-refractivity contribution in [2.24, 2.45) is 0 Å². The molecule has 2 rings (SSSR count). The first-order chi connectivity index (χ1) is 7.66. The van der Waals surface area contributed by atoms with E-state index in [0.29, 0.717) is 0 Å². The largest absolute Gasteiger partial charge is 0.508 e. The minimum Gasteiger partial charge on any atom is -0.508 e. The molecule has 90 valence electrons. The van der Waals surface area contributed by atoms with E-state index in [1.165, 1.54) is 0 Å². The second-order valence-corrected chi connectivity index (χ2v) is 3.90. The van der Waals surface area contributed by atoms with E-state index in [0.717, 1.165) is 11.1 Å². The zero-order valence-corrected chi connectivity index (χ0v) is 9.59. The van der Waals surface area contributed by atoms with Crippen molar-refractivity contribution in [1.29, 1.82) is 0 Å². The third-order valence-electron chi connectivity index (χ3n) is 2.79. The van der Waals surface area contributed by atoms with Gasteiger partial charge in [-0.3, -0.25) is 0 Å². The average molecular weight is 232 g/mol. The Kier molecular flexibility index (Phi) is 4.12. The summed E-state index contributed by atoms with van der Waals surface area (Å²) < 4.78 is 0. The lowest BCUT2D eigenvalue weighted by Gasteiger charge is -2.12. The molecule has 0 aliphatic carbocycles. The molecule has 0 unspecified atom stereocenters. The second kappa shape index (κ2) is 5.37. The highest BCUT2D eigenvalue weighted by molar-refractivity contribution is 5.36. The number of phenols is 2. The summed E-state index contributed by atoms with van der Waals surface area (Å²) in [5.41, 5.74) is 2.28. The minimum atomic E-state index is 0. The molecule has 17 heavy (non-hydrogen) atoms. The molecule has 0 bridgehead atoms. The normalized spacial score (nSPS) is 10.0. The molecule has 3 nitrogen and oxygen atoms in total. The standard InChI is InChI=1S/C14H14O2.H2O/c1-10(11-2-6-13(15)7-3-11)12-4-8-14(16)9-5-12;/h2-10,15-16H,1H3;1H2. The molecule has 0 aliphatic rings. The van der Waals surface area contributed by atoms with Crippen molar-refractivity contribution in [3.8, 4) is 11.5 Å². The van der Waals surface area contributed by atoms with Crippen LogP contribution in [0.4, 0.5) is 0 Å². The molecule has 0 spiro atoms. The van der Waals surface area contributed by atoms with Gasteiger partial charge in [-0.1, -0.05) is 31.2 Å². The van der Waals surface area contributed by atoms with Crippen molar-refractivity contribution in [3.05, 3.63) is 59.7 Å². The highest BCUT2D eigenvalue weighted by atomic mass is 16.3. The van der Waals surface area contributed by atoms with Gasteiger partial charge < -0.3 is 15.7 Å². The fourth-order valence-corrected chi connectivity index (χ4v) is 1.72. The van der Waals surface area contributed by atoms with E-state index in [9.17, 15) is 10.2 Å². The molecule has 0 aromatic heterocycles. The van der Waals surface area contributed by atoms with Crippen LogP contribution in [0.25, 0.3) is 0 Å². The third kappa shape index (κ3) is 2.98. The summed E-state index contributed by atoms with van der Waals surface area (Å²) in [7, 11) is 0. The van der Waals surface area contributed by atoms with Gasteiger partial charge in [0.2, 0.25) is 0 Å². The van der Waals surface area contributed by atoms with Crippen molar-refractivity contribution in [2.45, 2.75) is 12.8 Å². The van der Waals surface area contributed by atoms with Gasteiger partial charge in [0, 0.05) is 5.92 Å². The predicted octanol–water partition coefficient (Wildman–Crippen LogP) is 2.42. The molecule has 0 radical (unpaired) electrons. The summed E-state index contributed by atoms with van der Waals surface area (Å²) in [5.74, 6) is 0.810. The van der Waals surface area contributed by atoms with Gasteiger partial charge in [0.1, 0.15) is 11.5 Å². The van der Waals surface area contributed by atoms with E-state index in [1.807, 2.05) is 24.3 Å². The van der Waals surface area contributed by atoms with E-state index >= 15 is 0 Å². The minimum absolute atomic E-state index is 0. The molecule has 0 heterocycles. The predicted molar refractivity (Wildman–Crippen MR) is 67.3 cm³/mol. The molecule has 0 saturated heterocycles. The third-order valence-corrected chi connectivity index (χ3v) is 2.79. The maximum absolute atomic E-state index is 9.21. The first-order valence-corrected chi connectivity index (χ1v) is 5.24. The number of phenolic OH excluding ortho intramolecular Hbond substituents is 2. The summed E-state index contributed by atoms with van der Waals surface area (Å²) in [5, 5.41) is 18.4. The molecule has 4 N–H and O–H groups in total. The van der Waals surface area contributed by atoms with E-state index in [1.54, 1.807) is 24.3 Å². The van der Waals surface area contributed by atoms with Crippen molar-refractivity contribution < 1.29 is 15.7 Å². The second-order valence-electron chi connectivity index (χ2n) is 3.90. The van der Waals surface area contributed by atoms with Crippen LogP contribution in [0, 0.1) is 0 Å². The molecule has 0 amide bonds. The maximum Gasteiger partial charge on any atom is 0.115 e. The number of hydrogen-bond acceptors (Lipinski definition) is 2. The van der Waals surface area contributed by atoms with Crippen LogP contribution in [0.15, 0.2) is 48.5 Å². The smallest absolute Gasteiger partial charge is 0.115 e. The Morgan fingerprint density at radius 2 is 1.00 bits per heavy atom. The van der Waals surface area contributed by atoms with E-state index in [4.69, 9.17) is 0 Å². The molecule has 0 aliphatic heterocycles. The van der Waals surface area contributed by atoms with E-state index in [2.05, 4.69) is 6.92 Å². The average Bonchev–Trinajstić information content (AvgIpc) is 2.30. The lowest BCUT2D eigenvalue weighted by molar-refractivity contribution is 0.475. The molecule has 3 heteroatoms. The van der Waals surface area contributed by atoms with Crippen LogP contribution in [0.3, 0.4) is 0 Å². The first-order valence-electron chi connectivity index (χ1n) is 5.24. The fourth-order valence-electron chi connectivity index (χ4n) is 1.72. The van der Waals surface area contributed by atoms with Crippen LogP contribution in [0.5, 0.6) is 11.5 Å². The van der Waals surface area contributed by atoms with Crippen LogP contribution < -0.4 is 0 Å². The van der Waals surface area contributed by atoms with Crippen LogP contribution in [0.2, 0.25) is 0 Å². The summed E-state index contributed by atoms with van der Waals surface area (Å²) in [6.45, 7) is 2.10. The van der Waals surface area contributed by atoms with Gasteiger partial charge in [-0.05, 0) is 35.4 Å². The van der Waals surface area contributed by atoms with Crippen molar-refractivity contribution >= 4 is 0 Å². The SMILES string of the molecule is CC(c1ccc(O)cc1)c1ccc(O)cc1.O. The quantitative estimate of drug-likeness (QED) is 0.834. The number of hydrogen-bond donors (Lipinski definition) is 2. The lowest BCUT2D eigenvalue weighted by atomic mass is 9.93. The van der Waals surface area contributed by atoms with E-state index in [-0.39, 0.29) is 22.9 Å². The van der Waals surface area contributed by atoms with Crippen molar-refractivity contribution in [3.63, 3.8) is 0 Å². The summed E-state index contributed by atoms with van der Waals surface area (Å²) in [6, 6.07) is 14.4. The number of rotatable bonds is 2. The van der Waals surface area contributed by atoms with Crippen LogP contribution in [-0.2, 0) is 0 Å². The Labute approximate surface area is 100 Å². The summed E-state index contributed by atoms with van der Waals surface area (Å²) in [4.78, 5) is 0. The Balaban J connectivity index is 0.00000144.